The first-order chi connectivity index (χ1) is 16.7. The van der Waals surface area contributed by atoms with Gasteiger partial charge in [-0.1, -0.05) is 22.7 Å². The molecule has 0 radical (unpaired) electrons. The molecule has 4 aromatic rings. The molecule has 34 heavy (non-hydrogen) atoms. The lowest BCUT2D eigenvalue weighted by atomic mass is 10.3. The number of benzene rings is 2. The fourth-order valence-corrected chi connectivity index (χ4v) is 4.89. The first kappa shape index (κ1) is 22.7. The minimum Gasteiger partial charge on any atom is -0.487 e. The number of hydrogen-bond donors (Lipinski definition) is 2. The van der Waals surface area contributed by atoms with Crippen LogP contribution in [0.4, 0.5) is 10.3 Å². The largest absolute Gasteiger partial charge is 0.487 e. The summed E-state index contributed by atoms with van der Waals surface area (Å²) in [5.74, 6) is 2.40. The number of nitrogen functional groups attached to an aromatic ring is 2. The van der Waals surface area contributed by atoms with Crippen molar-refractivity contribution in [1.29, 1.82) is 0 Å². The van der Waals surface area contributed by atoms with E-state index in [0.29, 0.717) is 86.1 Å². The Bertz CT molecular complexity index is 1090. The molecule has 0 fully saturated rings. The molecule has 1 aliphatic heterocycles. The maximum Gasteiger partial charge on any atom is 0.181 e. The van der Waals surface area contributed by atoms with E-state index in [2.05, 4.69) is 9.97 Å². The summed E-state index contributed by atoms with van der Waals surface area (Å²) >= 11 is 2.80. The van der Waals surface area contributed by atoms with Crippen molar-refractivity contribution < 1.29 is 28.4 Å². The Kier molecular flexibility index (Phi) is 7.00. The molecule has 0 saturated heterocycles. The van der Waals surface area contributed by atoms with Crippen LogP contribution in [0.2, 0.25) is 0 Å². The predicted molar refractivity (Wildman–Crippen MR) is 132 cm³/mol. The normalized spacial score (nSPS) is 16.2. The molecule has 2 aromatic heterocycles. The SMILES string of the molecule is Nc1nc2cc3c(cc2s1)OCCOCCOc1cc2sc(N)nc2cc1OCCOCCO3. The monoisotopic (exact) mass is 504 g/mol. The summed E-state index contributed by atoms with van der Waals surface area (Å²) < 4.78 is 36.9. The molecule has 0 aliphatic carbocycles. The van der Waals surface area contributed by atoms with Gasteiger partial charge in [-0.15, -0.1) is 0 Å². The summed E-state index contributed by atoms with van der Waals surface area (Å²) in [6.45, 7) is 2.94. The average Bonchev–Trinajstić information content (AvgIpc) is 3.36. The lowest BCUT2D eigenvalue weighted by molar-refractivity contribution is 0.0641. The molecule has 10 nitrogen and oxygen atoms in total. The van der Waals surface area contributed by atoms with Gasteiger partial charge in [-0.25, -0.2) is 9.97 Å². The smallest absolute Gasteiger partial charge is 0.181 e. The van der Waals surface area contributed by atoms with Gasteiger partial charge in [0.2, 0.25) is 0 Å². The molecule has 0 saturated carbocycles. The van der Waals surface area contributed by atoms with Gasteiger partial charge in [-0.2, -0.15) is 0 Å². The molecule has 2 aromatic carbocycles. The number of hydrogen-bond acceptors (Lipinski definition) is 12. The molecule has 0 amide bonds. The van der Waals surface area contributed by atoms with Crippen LogP contribution in [0.15, 0.2) is 24.3 Å². The zero-order valence-electron chi connectivity index (χ0n) is 18.3. The zero-order valence-corrected chi connectivity index (χ0v) is 19.9. The van der Waals surface area contributed by atoms with Gasteiger partial charge in [0.25, 0.3) is 0 Å². The highest BCUT2D eigenvalue weighted by molar-refractivity contribution is 7.22. The topological polar surface area (TPSA) is 133 Å². The molecule has 4 N–H and O–H groups in total. The summed E-state index contributed by atoms with van der Waals surface area (Å²) in [4.78, 5) is 8.65. The summed E-state index contributed by atoms with van der Waals surface area (Å²) in [6.07, 6.45) is 0. The van der Waals surface area contributed by atoms with Gasteiger partial charge in [0.05, 0.1) is 46.9 Å². The average molecular weight is 505 g/mol. The van der Waals surface area contributed by atoms with Crippen LogP contribution >= 0.6 is 22.7 Å². The highest BCUT2D eigenvalue weighted by Crippen LogP contribution is 2.37. The van der Waals surface area contributed by atoms with Crippen LogP contribution in [0.5, 0.6) is 23.0 Å². The van der Waals surface area contributed by atoms with E-state index in [9.17, 15) is 0 Å². The Hall–Kier alpha value is -3.06. The Balaban J connectivity index is 1.27. The number of rotatable bonds is 0. The minimum atomic E-state index is 0.344. The number of thiazole rings is 2. The molecule has 180 valence electrons. The summed E-state index contributed by atoms with van der Waals surface area (Å²) in [7, 11) is 0. The summed E-state index contributed by atoms with van der Waals surface area (Å²) in [5.41, 5.74) is 13.2. The predicted octanol–water partition coefficient (Wildman–Crippen LogP) is 3.33. The van der Waals surface area contributed by atoms with E-state index in [-0.39, 0.29) is 0 Å². The van der Waals surface area contributed by atoms with Crippen LogP contribution in [-0.2, 0) is 9.47 Å². The Labute approximate surface area is 203 Å². The third kappa shape index (κ3) is 5.36. The minimum absolute atomic E-state index is 0.344. The van der Waals surface area contributed by atoms with E-state index in [0.717, 1.165) is 20.4 Å². The van der Waals surface area contributed by atoms with Crippen LogP contribution in [0.1, 0.15) is 0 Å². The standard InChI is InChI=1S/C22H24N4O6S2/c23-21-25-13-9-15-17(11-19(13)33-21)31-7-3-28-4-8-32-18-12-20-14(26-22(24)34-20)10-16(18)30-6-2-27-1-5-29-15/h9-12H,1-8H2,(H2,23,25)(H2,24,26). The van der Waals surface area contributed by atoms with Crippen molar-refractivity contribution in [1.82, 2.24) is 9.97 Å². The van der Waals surface area contributed by atoms with Gasteiger partial charge in [-0.05, 0) is 0 Å². The second-order valence-electron chi connectivity index (χ2n) is 7.26. The van der Waals surface area contributed by atoms with Crippen molar-refractivity contribution in [3.63, 3.8) is 0 Å². The number of aromatic nitrogens is 2. The molecule has 0 bridgehead atoms. The lowest BCUT2D eigenvalue weighted by Crippen LogP contribution is -2.15. The molecular formula is C22H24N4O6S2. The van der Waals surface area contributed by atoms with E-state index in [1.54, 1.807) is 0 Å². The van der Waals surface area contributed by atoms with E-state index in [4.69, 9.17) is 39.9 Å². The molecule has 1 aliphatic rings. The second kappa shape index (κ2) is 10.5. The number of nitrogens with two attached hydrogens (primary N) is 2. The molecule has 12 heteroatoms. The zero-order chi connectivity index (χ0) is 23.3. The van der Waals surface area contributed by atoms with E-state index < -0.39 is 0 Å². The van der Waals surface area contributed by atoms with Crippen LogP contribution in [0.3, 0.4) is 0 Å². The molecule has 3 heterocycles. The van der Waals surface area contributed by atoms with Crippen molar-refractivity contribution in [3.8, 4) is 23.0 Å². The fraction of sp³-hybridized carbons (Fsp3) is 0.364. The first-order valence-electron chi connectivity index (χ1n) is 10.7. The van der Waals surface area contributed by atoms with Crippen molar-refractivity contribution in [2.45, 2.75) is 0 Å². The molecule has 0 spiro atoms. The molecule has 0 unspecified atom stereocenters. The Morgan fingerprint density at radius 3 is 1.26 bits per heavy atom. The maximum atomic E-state index is 5.93. The second-order valence-corrected chi connectivity index (χ2v) is 9.38. The van der Waals surface area contributed by atoms with E-state index in [1.807, 2.05) is 24.3 Å². The van der Waals surface area contributed by atoms with Gasteiger partial charge >= 0.3 is 0 Å². The molecule has 0 atom stereocenters. The number of fused-ring (bicyclic) bond motifs is 4. The highest BCUT2D eigenvalue weighted by Gasteiger charge is 2.13. The van der Waals surface area contributed by atoms with Gasteiger partial charge in [-0.3, -0.25) is 0 Å². The van der Waals surface area contributed by atoms with Gasteiger partial charge < -0.3 is 39.9 Å². The maximum absolute atomic E-state index is 5.93. The van der Waals surface area contributed by atoms with Crippen LogP contribution in [-0.4, -0.2) is 62.8 Å². The van der Waals surface area contributed by atoms with Crippen molar-refractivity contribution >= 4 is 53.4 Å². The van der Waals surface area contributed by atoms with E-state index >= 15 is 0 Å². The van der Waals surface area contributed by atoms with Crippen molar-refractivity contribution in [2.75, 3.05) is 64.3 Å². The fourth-order valence-electron chi connectivity index (χ4n) is 3.41. The third-order valence-electron chi connectivity index (χ3n) is 4.88. The van der Waals surface area contributed by atoms with Crippen LogP contribution < -0.4 is 30.4 Å². The van der Waals surface area contributed by atoms with Gasteiger partial charge in [0, 0.05) is 24.3 Å². The first-order valence-corrected chi connectivity index (χ1v) is 12.4. The third-order valence-corrected chi connectivity index (χ3v) is 6.58. The van der Waals surface area contributed by atoms with Crippen molar-refractivity contribution in [2.24, 2.45) is 0 Å². The molecular weight excluding hydrogens is 480 g/mol. The quantitative estimate of drug-likeness (QED) is 0.367. The Morgan fingerprint density at radius 1 is 0.529 bits per heavy atom. The highest BCUT2D eigenvalue weighted by atomic mass is 32.1. The van der Waals surface area contributed by atoms with Crippen molar-refractivity contribution in [3.05, 3.63) is 24.3 Å². The lowest BCUT2D eigenvalue weighted by Gasteiger charge is -2.15. The summed E-state index contributed by atoms with van der Waals surface area (Å²) in [6, 6.07) is 7.44. The number of nitrogens with zero attached hydrogens (tertiary/aromatic N) is 2. The summed E-state index contributed by atoms with van der Waals surface area (Å²) in [5, 5.41) is 0.991. The number of ether oxygens (including phenoxy) is 6. The van der Waals surface area contributed by atoms with Gasteiger partial charge in [0.1, 0.15) is 26.4 Å². The van der Waals surface area contributed by atoms with E-state index in [1.165, 1.54) is 22.7 Å². The number of anilines is 2. The van der Waals surface area contributed by atoms with Gasteiger partial charge in [0.15, 0.2) is 33.3 Å². The van der Waals surface area contributed by atoms with Crippen LogP contribution in [0.25, 0.3) is 20.4 Å². The Morgan fingerprint density at radius 2 is 0.882 bits per heavy atom. The molecule has 5 rings (SSSR count). The van der Waals surface area contributed by atoms with Crippen LogP contribution in [0, 0.1) is 0 Å².